The molecular formula is C20H20F2N2O4. The fourth-order valence-corrected chi connectivity index (χ4v) is 3.35. The van der Waals surface area contributed by atoms with E-state index >= 15 is 0 Å². The van der Waals surface area contributed by atoms with E-state index in [0.29, 0.717) is 5.56 Å². The number of benzene rings is 1. The van der Waals surface area contributed by atoms with Crippen LogP contribution in [0, 0.1) is 11.6 Å². The first-order valence-corrected chi connectivity index (χ1v) is 9.05. The first-order valence-electron chi connectivity index (χ1n) is 9.05. The molecular weight excluding hydrogens is 370 g/mol. The number of carboxylic acids is 1. The van der Waals surface area contributed by atoms with Crippen LogP contribution in [0.5, 0.6) is 0 Å². The van der Waals surface area contributed by atoms with E-state index in [9.17, 15) is 23.2 Å². The molecule has 3 rings (SSSR count). The van der Waals surface area contributed by atoms with Gasteiger partial charge >= 0.3 is 5.97 Å². The molecule has 0 bridgehead atoms. The number of fused-ring (bicyclic) bond motifs is 1. The highest BCUT2D eigenvalue weighted by Crippen LogP contribution is 2.20. The molecule has 0 fully saturated rings. The van der Waals surface area contributed by atoms with Crippen molar-refractivity contribution in [2.24, 2.45) is 0 Å². The number of aromatic nitrogens is 1. The van der Waals surface area contributed by atoms with E-state index in [1.165, 1.54) is 11.0 Å². The van der Waals surface area contributed by atoms with Gasteiger partial charge in [-0.2, -0.15) is 0 Å². The number of amides is 1. The van der Waals surface area contributed by atoms with Gasteiger partial charge in [0.15, 0.2) is 11.6 Å². The molecule has 1 amide bonds. The molecule has 0 atom stereocenters. The Morgan fingerprint density at radius 3 is 2.57 bits per heavy atom. The lowest BCUT2D eigenvalue weighted by atomic mass is 9.95. The molecule has 148 valence electrons. The van der Waals surface area contributed by atoms with Gasteiger partial charge in [0.05, 0.1) is 6.42 Å². The molecule has 2 N–H and O–H groups in total. The first-order chi connectivity index (χ1) is 13.3. The average molecular weight is 390 g/mol. The van der Waals surface area contributed by atoms with Crippen LogP contribution >= 0.6 is 0 Å². The van der Waals surface area contributed by atoms with E-state index in [1.54, 1.807) is 6.07 Å². The van der Waals surface area contributed by atoms with Crippen LogP contribution in [0.2, 0.25) is 0 Å². The Balaban J connectivity index is 1.90. The Kier molecular flexibility index (Phi) is 5.87. The lowest BCUT2D eigenvalue weighted by Crippen LogP contribution is -2.36. The number of rotatable bonds is 6. The average Bonchev–Trinajstić information content (AvgIpc) is 2.66. The molecule has 0 saturated heterocycles. The molecule has 8 heteroatoms. The van der Waals surface area contributed by atoms with E-state index in [4.69, 9.17) is 5.11 Å². The maximum absolute atomic E-state index is 13.5. The Hall–Kier alpha value is -3.03. The number of H-pyrrole nitrogens is 1. The number of aromatic amines is 1. The number of nitrogens with one attached hydrogen (secondary N) is 1. The SMILES string of the molecule is O=C(O)CCN(Cc1ccc(F)c(F)c1)C(=O)c1cc2c([nH]c1=O)CCCC2. The van der Waals surface area contributed by atoms with Crippen molar-refractivity contribution in [3.63, 3.8) is 0 Å². The number of hydrogen-bond donors (Lipinski definition) is 2. The second-order valence-corrected chi connectivity index (χ2v) is 6.84. The number of halogens is 2. The third-order valence-electron chi connectivity index (χ3n) is 4.81. The fraction of sp³-hybridized carbons (Fsp3) is 0.350. The molecule has 1 heterocycles. The molecule has 1 aromatic heterocycles. The van der Waals surface area contributed by atoms with E-state index in [0.717, 1.165) is 49.1 Å². The van der Waals surface area contributed by atoms with Crippen molar-refractivity contribution in [2.75, 3.05) is 6.54 Å². The second-order valence-electron chi connectivity index (χ2n) is 6.84. The molecule has 0 spiro atoms. The van der Waals surface area contributed by atoms with Crippen LogP contribution in [0.4, 0.5) is 8.78 Å². The van der Waals surface area contributed by atoms with Crippen LogP contribution in [-0.2, 0) is 24.2 Å². The van der Waals surface area contributed by atoms with Crippen molar-refractivity contribution in [3.05, 3.63) is 68.6 Å². The lowest BCUT2D eigenvalue weighted by Gasteiger charge is -2.23. The molecule has 28 heavy (non-hydrogen) atoms. The van der Waals surface area contributed by atoms with Gasteiger partial charge in [-0.3, -0.25) is 14.4 Å². The van der Waals surface area contributed by atoms with Crippen LogP contribution in [0.15, 0.2) is 29.1 Å². The van der Waals surface area contributed by atoms with Gasteiger partial charge in [-0.15, -0.1) is 0 Å². The van der Waals surface area contributed by atoms with E-state index < -0.39 is 29.1 Å². The predicted molar refractivity (Wildman–Crippen MR) is 97.1 cm³/mol. The number of hydrogen-bond acceptors (Lipinski definition) is 3. The van der Waals surface area contributed by atoms with Gasteiger partial charge in [-0.05, 0) is 55.0 Å². The zero-order valence-corrected chi connectivity index (χ0v) is 15.1. The van der Waals surface area contributed by atoms with Crippen LogP contribution < -0.4 is 5.56 Å². The summed E-state index contributed by atoms with van der Waals surface area (Å²) in [7, 11) is 0. The number of aryl methyl sites for hydroxylation is 2. The van der Waals surface area contributed by atoms with Crippen LogP contribution in [0.25, 0.3) is 0 Å². The van der Waals surface area contributed by atoms with Crippen molar-refractivity contribution in [1.82, 2.24) is 9.88 Å². The van der Waals surface area contributed by atoms with Crippen molar-refractivity contribution in [1.29, 1.82) is 0 Å². The van der Waals surface area contributed by atoms with Crippen molar-refractivity contribution >= 4 is 11.9 Å². The highest BCUT2D eigenvalue weighted by atomic mass is 19.2. The number of carbonyl (C=O) groups excluding carboxylic acids is 1. The number of nitrogens with zero attached hydrogens (tertiary/aromatic N) is 1. The van der Waals surface area contributed by atoms with Crippen molar-refractivity contribution in [2.45, 2.75) is 38.6 Å². The number of carboxylic acid groups (broad SMARTS) is 1. The van der Waals surface area contributed by atoms with Gasteiger partial charge in [0.1, 0.15) is 5.56 Å². The summed E-state index contributed by atoms with van der Waals surface area (Å²) in [5, 5.41) is 8.96. The maximum atomic E-state index is 13.5. The quantitative estimate of drug-likeness (QED) is 0.793. The topological polar surface area (TPSA) is 90.5 Å². The Bertz CT molecular complexity index is 971. The van der Waals surface area contributed by atoms with Gasteiger partial charge < -0.3 is 15.0 Å². The zero-order valence-electron chi connectivity index (χ0n) is 15.1. The highest BCUT2D eigenvalue weighted by Gasteiger charge is 2.23. The number of pyridine rings is 1. The highest BCUT2D eigenvalue weighted by molar-refractivity contribution is 5.94. The van der Waals surface area contributed by atoms with Crippen molar-refractivity contribution < 1.29 is 23.5 Å². The molecule has 1 aliphatic rings. The zero-order chi connectivity index (χ0) is 20.3. The van der Waals surface area contributed by atoms with Crippen LogP contribution in [0.3, 0.4) is 0 Å². The minimum absolute atomic E-state index is 0.0753. The Labute approximate surface area is 159 Å². The minimum atomic E-state index is -1.11. The summed E-state index contributed by atoms with van der Waals surface area (Å²) in [4.78, 5) is 40.2. The summed E-state index contributed by atoms with van der Waals surface area (Å²) < 4.78 is 26.6. The van der Waals surface area contributed by atoms with Gasteiger partial charge in [0.2, 0.25) is 0 Å². The summed E-state index contributed by atoms with van der Waals surface area (Å²) in [6.07, 6.45) is 3.10. The first kappa shape index (κ1) is 19.7. The molecule has 0 unspecified atom stereocenters. The second kappa shape index (κ2) is 8.33. The van der Waals surface area contributed by atoms with Crippen LogP contribution in [-0.4, -0.2) is 33.4 Å². The predicted octanol–water partition coefficient (Wildman–Crippen LogP) is 2.65. The summed E-state index contributed by atoms with van der Waals surface area (Å²) in [5.74, 6) is -3.82. The van der Waals surface area contributed by atoms with Crippen molar-refractivity contribution in [3.8, 4) is 0 Å². The third-order valence-corrected chi connectivity index (χ3v) is 4.81. The maximum Gasteiger partial charge on any atom is 0.305 e. The monoisotopic (exact) mass is 390 g/mol. The summed E-state index contributed by atoms with van der Waals surface area (Å²) in [6.45, 7) is -0.302. The Morgan fingerprint density at radius 2 is 1.86 bits per heavy atom. The molecule has 2 aromatic rings. The van der Waals surface area contributed by atoms with Gasteiger partial charge in [-0.1, -0.05) is 6.07 Å². The smallest absolute Gasteiger partial charge is 0.305 e. The molecule has 6 nitrogen and oxygen atoms in total. The summed E-state index contributed by atoms with van der Waals surface area (Å²) in [5.41, 5.74) is 1.42. The lowest BCUT2D eigenvalue weighted by molar-refractivity contribution is -0.137. The minimum Gasteiger partial charge on any atom is -0.481 e. The number of carbonyl (C=O) groups is 2. The third kappa shape index (κ3) is 4.44. The Morgan fingerprint density at radius 1 is 1.11 bits per heavy atom. The molecule has 0 saturated carbocycles. The standard InChI is InChI=1S/C20H20F2N2O4/c21-15-6-5-12(9-16(15)22)11-24(8-7-18(25)26)20(28)14-10-13-3-1-2-4-17(13)23-19(14)27/h5-6,9-10H,1-4,7-8,11H2,(H,23,27)(H,25,26). The fourth-order valence-electron chi connectivity index (χ4n) is 3.35. The largest absolute Gasteiger partial charge is 0.481 e. The van der Waals surface area contributed by atoms with Gasteiger partial charge in [-0.25, -0.2) is 8.78 Å². The summed E-state index contributed by atoms with van der Waals surface area (Å²) >= 11 is 0. The molecule has 1 aliphatic carbocycles. The molecule has 1 aromatic carbocycles. The van der Waals surface area contributed by atoms with Crippen LogP contribution in [0.1, 0.15) is 46.4 Å². The molecule has 0 aliphatic heterocycles. The van der Waals surface area contributed by atoms with E-state index in [1.807, 2.05) is 0 Å². The van der Waals surface area contributed by atoms with E-state index in [2.05, 4.69) is 4.98 Å². The number of aliphatic carboxylic acids is 1. The van der Waals surface area contributed by atoms with Gasteiger partial charge in [0.25, 0.3) is 11.5 Å². The summed E-state index contributed by atoms with van der Waals surface area (Å²) in [6, 6.07) is 4.77. The normalized spacial score (nSPS) is 13.1. The van der Waals surface area contributed by atoms with Gasteiger partial charge in [0, 0.05) is 18.8 Å². The molecule has 0 radical (unpaired) electrons. The van der Waals surface area contributed by atoms with E-state index in [-0.39, 0.29) is 25.1 Å².